The molecule has 4 rings (SSSR count). The molecule has 32 heavy (non-hydrogen) atoms. The van der Waals surface area contributed by atoms with E-state index in [1.54, 1.807) is 18.2 Å². The molecule has 1 N–H and O–H groups in total. The molecule has 0 unspecified atom stereocenters. The van der Waals surface area contributed by atoms with Crippen LogP contribution in [0.1, 0.15) is 22.8 Å². The fourth-order valence-corrected chi connectivity index (χ4v) is 3.86. The number of halogens is 1. The van der Waals surface area contributed by atoms with E-state index in [9.17, 15) is 9.59 Å². The second-order valence-corrected chi connectivity index (χ2v) is 7.80. The highest BCUT2D eigenvalue weighted by molar-refractivity contribution is 6.30. The highest BCUT2D eigenvalue weighted by Crippen LogP contribution is 2.32. The standard InChI is InChI=1S/C26H22ClN3O2/c1-3-30-26(32)23(25(31)28-21-15-14-20(27)16-17(21)2)22(18-10-6-4-7-11-18)24(29-30)19-12-8-5-9-13-19/h4-16H,3H2,1-2H3,(H,28,31). The molecule has 0 saturated carbocycles. The number of amides is 1. The lowest BCUT2D eigenvalue weighted by Crippen LogP contribution is -2.32. The third-order valence-electron chi connectivity index (χ3n) is 5.23. The average molecular weight is 444 g/mol. The Morgan fingerprint density at radius 3 is 2.19 bits per heavy atom. The third-order valence-corrected chi connectivity index (χ3v) is 5.46. The van der Waals surface area contributed by atoms with Crippen LogP contribution in [-0.2, 0) is 6.54 Å². The van der Waals surface area contributed by atoms with Gasteiger partial charge in [-0.1, -0.05) is 72.3 Å². The van der Waals surface area contributed by atoms with Gasteiger partial charge < -0.3 is 5.32 Å². The first-order chi connectivity index (χ1) is 15.5. The Morgan fingerprint density at radius 1 is 0.969 bits per heavy atom. The van der Waals surface area contributed by atoms with Crippen LogP contribution >= 0.6 is 11.6 Å². The molecule has 0 spiro atoms. The topological polar surface area (TPSA) is 64.0 Å². The molecule has 0 aliphatic heterocycles. The number of aromatic nitrogens is 2. The minimum atomic E-state index is -0.485. The minimum absolute atomic E-state index is 0.0567. The van der Waals surface area contributed by atoms with Gasteiger partial charge in [-0.2, -0.15) is 5.10 Å². The first-order valence-electron chi connectivity index (χ1n) is 10.3. The number of rotatable bonds is 5. The Hall–Kier alpha value is -3.70. The smallest absolute Gasteiger partial charge is 0.280 e. The predicted octanol–water partition coefficient (Wildman–Crippen LogP) is 5.81. The van der Waals surface area contributed by atoms with E-state index in [0.717, 1.165) is 16.7 Å². The van der Waals surface area contributed by atoms with Crippen molar-refractivity contribution >= 4 is 23.2 Å². The molecule has 0 bridgehead atoms. The van der Waals surface area contributed by atoms with E-state index < -0.39 is 11.5 Å². The molecule has 5 nitrogen and oxygen atoms in total. The van der Waals surface area contributed by atoms with E-state index in [-0.39, 0.29) is 5.56 Å². The fourth-order valence-electron chi connectivity index (χ4n) is 3.63. The van der Waals surface area contributed by atoms with Crippen molar-refractivity contribution in [2.24, 2.45) is 0 Å². The van der Waals surface area contributed by atoms with E-state index in [2.05, 4.69) is 10.4 Å². The normalized spacial score (nSPS) is 10.7. The van der Waals surface area contributed by atoms with Gasteiger partial charge in [-0.05, 0) is 43.2 Å². The number of hydrogen-bond donors (Lipinski definition) is 1. The Morgan fingerprint density at radius 2 is 1.59 bits per heavy atom. The monoisotopic (exact) mass is 443 g/mol. The second kappa shape index (κ2) is 9.20. The molecule has 1 aromatic heterocycles. The van der Waals surface area contributed by atoms with Crippen LogP contribution in [0.5, 0.6) is 0 Å². The van der Waals surface area contributed by atoms with Gasteiger partial charge in [-0.25, -0.2) is 4.68 Å². The van der Waals surface area contributed by atoms with Crippen LogP contribution in [0.15, 0.2) is 83.7 Å². The quantitative estimate of drug-likeness (QED) is 0.423. The number of anilines is 1. The molecular formula is C26H22ClN3O2. The van der Waals surface area contributed by atoms with Crippen LogP contribution in [0, 0.1) is 6.92 Å². The molecule has 0 fully saturated rings. The minimum Gasteiger partial charge on any atom is -0.322 e. The lowest BCUT2D eigenvalue weighted by atomic mass is 9.95. The summed E-state index contributed by atoms with van der Waals surface area (Å²) in [6, 6.07) is 24.2. The number of benzene rings is 3. The first kappa shape index (κ1) is 21.5. The molecule has 6 heteroatoms. The Balaban J connectivity index is 1.98. The van der Waals surface area contributed by atoms with E-state index in [1.165, 1.54) is 4.68 Å². The summed E-state index contributed by atoms with van der Waals surface area (Å²) in [5.41, 5.74) is 3.69. The second-order valence-electron chi connectivity index (χ2n) is 7.36. The molecule has 1 amide bonds. The number of aryl methyl sites for hydroxylation is 2. The highest BCUT2D eigenvalue weighted by Gasteiger charge is 2.25. The van der Waals surface area contributed by atoms with Crippen molar-refractivity contribution in [2.75, 3.05) is 5.32 Å². The summed E-state index contributed by atoms with van der Waals surface area (Å²) < 4.78 is 1.33. The molecular weight excluding hydrogens is 422 g/mol. The molecule has 0 radical (unpaired) electrons. The molecule has 0 saturated heterocycles. The average Bonchev–Trinajstić information content (AvgIpc) is 2.81. The van der Waals surface area contributed by atoms with Gasteiger partial charge in [-0.3, -0.25) is 9.59 Å². The van der Waals surface area contributed by atoms with Gasteiger partial charge in [-0.15, -0.1) is 0 Å². The number of nitrogens with zero attached hydrogens (tertiary/aromatic N) is 2. The zero-order chi connectivity index (χ0) is 22.7. The number of carbonyl (C=O) groups is 1. The Kier molecular flexibility index (Phi) is 6.19. The van der Waals surface area contributed by atoms with Crippen molar-refractivity contribution in [3.05, 3.63) is 105 Å². The number of hydrogen-bond acceptors (Lipinski definition) is 3. The summed E-state index contributed by atoms with van der Waals surface area (Å²) >= 11 is 6.05. The molecule has 0 aliphatic carbocycles. The molecule has 3 aromatic carbocycles. The summed E-state index contributed by atoms with van der Waals surface area (Å²) in [5, 5.41) is 8.10. The molecule has 4 aromatic rings. The molecule has 0 aliphatic rings. The van der Waals surface area contributed by atoms with E-state index >= 15 is 0 Å². The van der Waals surface area contributed by atoms with E-state index in [4.69, 9.17) is 11.6 Å². The molecule has 0 atom stereocenters. The van der Waals surface area contributed by atoms with Crippen molar-refractivity contribution in [1.82, 2.24) is 9.78 Å². The van der Waals surface area contributed by atoms with Gasteiger partial charge in [0.25, 0.3) is 11.5 Å². The summed E-state index contributed by atoms with van der Waals surface area (Å²) in [5.74, 6) is -0.485. The zero-order valence-corrected chi connectivity index (χ0v) is 18.6. The van der Waals surface area contributed by atoms with Crippen LogP contribution in [0.4, 0.5) is 5.69 Å². The van der Waals surface area contributed by atoms with Crippen LogP contribution in [0.25, 0.3) is 22.4 Å². The van der Waals surface area contributed by atoms with Crippen molar-refractivity contribution in [3.63, 3.8) is 0 Å². The summed E-state index contributed by atoms with van der Waals surface area (Å²) in [6.07, 6.45) is 0. The van der Waals surface area contributed by atoms with Crippen LogP contribution in [-0.4, -0.2) is 15.7 Å². The van der Waals surface area contributed by atoms with Gasteiger partial charge >= 0.3 is 0 Å². The lowest BCUT2D eigenvalue weighted by molar-refractivity contribution is 0.102. The summed E-state index contributed by atoms with van der Waals surface area (Å²) in [7, 11) is 0. The Labute approximate surface area is 191 Å². The van der Waals surface area contributed by atoms with Crippen LogP contribution in [0.3, 0.4) is 0 Å². The highest BCUT2D eigenvalue weighted by atomic mass is 35.5. The van der Waals surface area contributed by atoms with E-state index in [0.29, 0.717) is 28.5 Å². The zero-order valence-electron chi connectivity index (χ0n) is 17.8. The van der Waals surface area contributed by atoms with Gasteiger partial charge in [0, 0.05) is 28.4 Å². The summed E-state index contributed by atoms with van der Waals surface area (Å²) in [4.78, 5) is 26.9. The predicted molar refractivity (Wildman–Crippen MR) is 129 cm³/mol. The molecule has 160 valence electrons. The van der Waals surface area contributed by atoms with Crippen LogP contribution < -0.4 is 10.9 Å². The van der Waals surface area contributed by atoms with E-state index in [1.807, 2.05) is 74.5 Å². The largest absolute Gasteiger partial charge is 0.322 e. The van der Waals surface area contributed by atoms with Crippen LogP contribution in [0.2, 0.25) is 5.02 Å². The van der Waals surface area contributed by atoms with Gasteiger partial charge in [0.05, 0.1) is 5.69 Å². The van der Waals surface area contributed by atoms with Crippen molar-refractivity contribution in [2.45, 2.75) is 20.4 Å². The van der Waals surface area contributed by atoms with Gasteiger partial charge in [0.1, 0.15) is 5.56 Å². The van der Waals surface area contributed by atoms with Gasteiger partial charge in [0.2, 0.25) is 0 Å². The van der Waals surface area contributed by atoms with Crippen molar-refractivity contribution < 1.29 is 4.79 Å². The maximum Gasteiger partial charge on any atom is 0.280 e. The number of carbonyl (C=O) groups excluding carboxylic acids is 1. The first-order valence-corrected chi connectivity index (χ1v) is 10.7. The SMILES string of the molecule is CCn1nc(-c2ccccc2)c(-c2ccccc2)c(C(=O)Nc2ccc(Cl)cc2C)c1=O. The van der Waals surface area contributed by atoms with Crippen molar-refractivity contribution in [1.29, 1.82) is 0 Å². The maximum absolute atomic E-state index is 13.5. The Bertz CT molecular complexity index is 1330. The molecule has 1 heterocycles. The third kappa shape index (κ3) is 4.20. The van der Waals surface area contributed by atoms with Gasteiger partial charge in [0.15, 0.2) is 0 Å². The van der Waals surface area contributed by atoms with Crippen molar-refractivity contribution in [3.8, 4) is 22.4 Å². The fraction of sp³-hybridized carbons (Fsp3) is 0.115. The summed E-state index contributed by atoms with van der Waals surface area (Å²) in [6.45, 7) is 4.02. The lowest BCUT2D eigenvalue weighted by Gasteiger charge is -2.17. The maximum atomic E-state index is 13.5. The number of nitrogens with one attached hydrogen (secondary N) is 1.